The maximum Gasteiger partial charge on any atom is 0.257 e. The van der Waals surface area contributed by atoms with Gasteiger partial charge in [0.2, 0.25) is 0 Å². The Morgan fingerprint density at radius 1 is 0.828 bits per heavy atom. The number of ketones is 2. The number of carbonyl (C=O) groups is 3. The molecule has 0 saturated carbocycles. The Morgan fingerprint density at radius 3 is 2.14 bits per heavy atom. The molecule has 5 heteroatoms. The van der Waals surface area contributed by atoms with Crippen LogP contribution < -0.4 is 5.32 Å². The van der Waals surface area contributed by atoms with Crippen LogP contribution in [0.5, 0.6) is 0 Å². The third-order valence-corrected chi connectivity index (χ3v) is 5.50. The predicted octanol–water partition coefficient (Wildman–Crippen LogP) is 5.49. The summed E-state index contributed by atoms with van der Waals surface area (Å²) in [5.41, 5.74) is 2.80. The summed E-state index contributed by atoms with van der Waals surface area (Å²) < 4.78 is 0. The quantitative estimate of drug-likeness (QED) is 0.492. The van der Waals surface area contributed by atoms with Gasteiger partial charge in [-0.1, -0.05) is 67.9 Å². The molecule has 1 aliphatic carbocycles. The number of halogens is 1. The lowest BCUT2D eigenvalue weighted by Gasteiger charge is -2.20. The van der Waals surface area contributed by atoms with Crippen LogP contribution in [-0.4, -0.2) is 17.5 Å². The normalized spacial score (nSPS) is 12.6. The number of fused-ring (bicyclic) bond motifs is 2. The molecule has 0 fully saturated rings. The summed E-state index contributed by atoms with van der Waals surface area (Å²) in [6.07, 6.45) is 0. The van der Waals surface area contributed by atoms with Gasteiger partial charge in [0.05, 0.1) is 16.1 Å². The second kappa shape index (κ2) is 7.30. The monoisotopic (exact) mass is 403 g/mol. The van der Waals surface area contributed by atoms with E-state index < -0.39 is 5.91 Å². The van der Waals surface area contributed by atoms with Crippen molar-refractivity contribution < 1.29 is 14.4 Å². The van der Waals surface area contributed by atoms with Crippen molar-refractivity contribution in [1.29, 1.82) is 0 Å². The molecule has 1 N–H and O–H groups in total. The molecular weight excluding hydrogens is 386 g/mol. The Kier molecular flexibility index (Phi) is 4.81. The Hall–Kier alpha value is -3.24. The van der Waals surface area contributed by atoms with Crippen LogP contribution in [0.2, 0.25) is 5.02 Å². The van der Waals surface area contributed by atoms with Gasteiger partial charge < -0.3 is 5.32 Å². The molecule has 0 spiro atoms. The van der Waals surface area contributed by atoms with Gasteiger partial charge in [-0.25, -0.2) is 0 Å². The van der Waals surface area contributed by atoms with Crippen molar-refractivity contribution in [2.24, 2.45) is 0 Å². The highest BCUT2D eigenvalue weighted by Crippen LogP contribution is 2.34. The molecule has 0 heterocycles. The maximum atomic E-state index is 13.0. The molecule has 0 radical (unpaired) electrons. The zero-order valence-electron chi connectivity index (χ0n) is 16.0. The van der Waals surface area contributed by atoms with Gasteiger partial charge in [-0.2, -0.15) is 0 Å². The Morgan fingerprint density at radius 2 is 1.45 bits per heavy atom. The second-order valence-electron chi connectivity index (χ2n) is 7.25. The van der Waals surface area contributed by atoms with Crippen molar-refractivity contribution in [1.82, 2.24) is 0 Å². The molecule has 0 bridgehead atoms. The van der Waals surface area contributed by atoms with Crippen LogP contribution >= 0.6 is 11.6 Å². The van der Waals surface area contributed by atoms with Crippen molar-refractivity contribution in [2.45, 2.75) is 19.8 Å². The summed E-state index contributed by atoms with van der Waals surface area (Å²) >= 11 is 6.48. The first-order chi connectivity index (χ1) is 13.9. The van der Waals surface area contributed by atoms with Crippen LogP contribution in [0.3, 0.4) is 0 Å². The van der Waals surface area contributed by atoms with Gasteiger partial charge in [-0.05, 0) is 29.7 Å². The summed E-state index contributed by atoms with van der Waals surface area (Å²) in [5, 5.41) is 2.88. The number of carbonyl (C=O) groups excluding carboxylic acids is 3. The topological polar surface area (TPSA) is 63.2 Å². The number of anilines is 1. The number of hydrogen-bond donors (Lipinski definition) is 1. The summed E-state index contributed by atoms with van der Waals surface area (Å²) in [6, 6.07) is 17.2. The summed E-state index contributed by atoms with van der Waals surface area (Å²) in [7, 11) is 0. The Bertz CT molecular complexity index is 1180. The molecule has 0 atom stereocenters. The molecule has 1 amide bonds. The van der Waals surface area contributed by atoms with Crippen LogP contribution in [0.25, 0.3) is 0 Å². The molecule has 0 saturated heterocycles. The molecule has 3 aromatic rings. The first-order valence-electron chi connectivity index (χ1n) is 9.31. The molecule has 3 aromatic carbocycles. The van der Waals surface area contributed by atoms with E-state index in [0.29, 0.717) is 16.8 Å². The number of hydrogen-bond acceptors (Lipinski definition) is 3. The van der Waals surface area contributed by atoms with E-state index >= 15 is 0 Å². The molecule has 0 aromatic heterocycles. The highest BCUT2D eigenvalue weighted by atomic mass is 35.5. The molecule has 1 aliphatic rings. The highest BCUT2D eigenvalue weighted by Gasteiger charge is 2.33. The SMILES string of the molecule is CC(C)c1ccccc1NC(=O)c1ccc2c(c1Cl)C(=O)c1ccccc1C2=O. The predicted molar refractivity (Wildman–Crippen MR) is 113 cm³/mol. The minimum Gasteiger partial charge on any atom is -0.322 e. The van der Waals surface area contributed by atoms with Crippen molar-refractivity contribution in [3.8, 4) is 0 Å². The van der Waals surface area contributed by atoms with Gasteiger partial charge in [-0.3, -0.25) is 14.4 Å². The Balaban J connectivity index is 1.76. The summed E-state index contributed by atoms with van der Waals surface area (Å²) in [5.74, 6) is -0.821. The fourth-order valence-electron chi connectivity index (χ4n) is 3.63. The lowest BCUT2D eigenvalue weighted by Crippen LogP contribution is -2.23. The number of rotatable bonds is 3. The van der Waals surface area contributed by atoms with Gasteiger partial charge >= 0.3 is 0 Å². The van der Waals surface area contributed by atoms with E-state index in [-0.39, 0.29) is 39.2 Å². The number of amides is 1. The van der Waals surface area contributed by atoms with Gasteiger partial charge in [0.25, 0.3) is 5.91 Å². The molecule has 4 nitrogen and oxygen atoms in total. The molecule has 4 rings (SSSR count). The zero-order valence-corrected chi connectivity index (χ0v) is 16.7. The van der Waals surface area contributed by atoms with E-state index in [1.807, 2.05) is 38.1 Å². The van der Waals surface area contributed by atoms with Crippen LogP contribution in [0.4, 0.5) is 5.69 Å². The van der Waals surface area contributed by atoms with E-state index in [0.717, 1.165) is 5.56 Å². The molecule has 144 valence electrons. The molecule has 0 unspecified atom stereocenters. The lowest BCUT2D eigenvalue weighted by atomic mass is 9.83. The minimum atomic E-state index is -0.426. The number of benzene rings is 3. The van der Waals surface area contributed by atoms with Crippen LogP contribution in [0.1, 0.15) is 67.5 Å². The van der Waals surface area contributed by atoms with Crippen LogP contribution in [0.15, 0.2) is 60.7 Å². The first kappa shape index (κ1) is 19.1. The average molecular weight is 404 g/mol. The maximum absolute atomic E-state index is 13.0. The van der Waals surface area contributed by atoms with Crippen LogP contribution in [-0.2, 0) is 0 Å². The third kappa shape index (κ3) is 3.15. The average Bonchev–Trinajstić information content (AvgIpc) is 2.72. The number of nitrogens with one attached hydrogen (secondary N) is 1. The molecule has 29 heavy (non-hydrogen) atoms. The van der Waals surface area contributed by atoms with Crippen molar-refractivity contribution >= 4 is 34.8 Å². The standard InChI is InChI=1S/C24H18ClNO3/c1-13(2)14-7-5-6-10-19(14)26-24(29)18-12-11-17-20(21(18)25)23(28)16-9-4-3-8-15(16)22(17)27/h3-13H,1-2H3,(H,26,29). The van der Waals surface area contributed by atoms with Gasteiger partial charge in [-0.15, -0.1) is 0 Å². The van der Waals surface area contributed by atoms with Crippen molar-refractivity contribution in [2.75, 3.05) is 5.32 Å². The highest BCUT2D eigenvalue weighted by molar-refractivity contribution is 6.41. The van der Waals surface area contributed by atoms with E-state index in [1.54, 1.807) is 24.3 Å². The van der Waals surface area contributed by atoms with E-state index in [9.17, 15) is 14.4 Å². The van der Waals surface area contributed by atoms with Gasteiger partial charge in [0.15, 0.2) is 11.6 Å². The van der Waals surface area contributed by atoms with E-state index in [2.05, 4.69) is 5.32 Å². The van der Waals surface area contributed by atoms with Crippen LogP contribution in [0, 0.1) is 0 Å². The zero-order chi connectivity index (χ0) is 20.7. The third-order valence-electron chi connectivity index (χ3n) is 5.11. The van der Waals surface area contributed by atoms with Crippen molar-refractivity contribution in [3.63, 3.8) is 0 Å². The number of para-hydroxylation sites is 1. The Labute approximate surface area is 173 Å². The molecule has 0 aliphatic heterocycles. The molecular formula is C24H18ClNO3. The fraction of sp³-hybridized carbons (Fsp3) is 0.125. The second-order valence-corrected chi connectivity index (χ2v) is 7.63. The fourth-order valence-corrected chi connectivity index (χ4v) is 3.96. The largest absolute Gasteiger partial charge is 0.322 e. The van der Waals surface area contributed by atoms with Gasteiger partial charge in [0, 0.05) is 22.4 Å². The first-order valence-corrected chi connectivity index (χ1v) is 9.69. The van der Waals surface area contributed by atoms with Crippen molar-refractivity contribution in [3.05, 3.63) is 99.1 Å². The summed E-state index contributed by atoms with van der Waals surface area (Å²) in [4.78, 5) is 38.7. The minimum absolute atomic E-state index is 0.00474. The van der Waals surface area contributed by atoms with E-state index in [1.165, 1.54) is 12.1 Å². The smallest absolute Gasteiger partial charge is 0.257 e. The van der Waals surface area contributed by atoms with Gasteiger partial charge in [0.1, 0.15) is 0 Å². The lowest BCUT2D eigenvalue weighted by molar-refractivity contribution is 0.0978. The van der Waals surface area contributed by atoms with E-state index in [4.69, 9.17) is 11.6 Å². The summed E-state index contributed by atoms with van der Waals surface area (Å²) in [6.45, 7) is 4.08.